The average Bonchev–Trinajstić information content (AvgIpc) is 2.97. The summed E-state index contributed by atoms with van der Waals surface area (Å²) in [5.41, 5.74) is 5.85. The first-order chi connectivity index (χ1) is 9.69. The van der Waals surface area contributed by atoms with Crippen LogP contribution in [-0.4, -0.2) is 24.2 Å². The molecule has 0 saturated heterocycles. The third-order valence-electron chi connectivity index (χ3n) is 3.33. The molecule has 1 aliphatic rings. The van der Waals surface area contributed by atoms with Crippen molar-refractivity contribution in [2.24, 2.45) is 0 Å². The van der Waals surface area contributed by atoms with Crippen molar-refractivity contribution in [2.45, 2.75) is 31.7 Å². The number of hydrogen-bond acceptors (Lipinski definition) is 3. The Kier molecular flexibility index (Phi) is 5.17. The molecule has 5 nitrogen and oxygen atoms in total. The molecular formula is C14H19N3O2S. The van der Waals surface area contributed by atoms with E-state index >= 15 is 0 Å². The summed E-state index contributed by atoms with van der Waals surface area (Å²) in [6.45, 7) is 0. The molecular weight excluding hydrogens is 274 g/mol. The second-order valence-corrected chi connectivity index (χ2v) is 5.17. The van der Waals surface area contributed by atoms with E-state index in [-0.39, 0.29) is 5.91 Å². The zero-order valence-electron chi connectivity index (χ0n) is 11.4. The van der Waals surface area contributed by atoms with E-state index in [0.717, 1.165) is 12.8 Å². The first-order valence-electron chi connectivity index (χ1n) is 6.70. The first kappa shape index (κ1) is 14.6. The number of rotatable bonds is 3. The molecule has 108 valence electrons. The Hall–Kier alpha value is -1.82. The normalized spacial score (nSPS) is 14.7. The minimum absolute atomic E-state index is 0.233. The summed E-state index contributed by atoms with van der Waals surface area (Å²) in [6, 6.07) is 7.30. The quantitative estimate of drug-likeness (QED) is 0.585. The third-order valence-corrected chi connectivity index (χ3v) is 3.55. The van der Waals surface area contributed by atoms with Gasteiger partial charge in [0.1, 0.15) is 5.75 Å². The zero-order valence-corrected chi connectivity index (χ0v) is 12.3. The van der Waals surface area contributed by atoms with Crippen molar-refractivity contribution in [3.8, 4) is 5.75 Å². The molecule has 1 amide bonds. The van der Waals surface area contributed by atoms with Crippen LogP contribution in [-0.2, 0) is 0 Å². The number of carbonyl (C=O) groups excluding carboxylic acids is 1. The highest BCUT2D eigenvalue weighted by Crippen LogP contribution is 2.17. The van der Waals surface area contributed by atoms with Crippen LogP contribution in [0, 0.1) is 0 Å². The predicted molar refractivity (Wildman–Crippen MR) is 81.6 cm³/mol. The number of carbonyl (C=O) groups is 1. The SMILES string of the molecule is COc1ccc(C(=O)NNC(=S)NC2CCCC2)cc1. The van der Waals surface area contributed by atoms with Crippen molar-refractivity contribution in [2.75, 3.05) is 7.11 Å². The summed E-state index contributed by atoms with van der Waals surface area (Å²) in [6.07, 6.45) is 4.74. The number of methoxy groups -OCH3 is 1. The summed E-state index contributed by atoms with van der Waals surface area (Å²) in [5, 5.41) is 3.65. The highest BCUT2D eigenvalue weighted by atomic mass is 32.1. The van der Waals surface area contributed by atoms with Crippen LogP contribution in [0.1, 0.15) is 36.0 Å². The van der Waals surface area contributed by atoms with Crippen LogP contribution in [0.4, 0.5) is 0 Å². The number of hydrogen-bond donors (Lipinski definition) is 3. The number of thiocarbonyl (C=S) groups is 1. The van der Waals surface area contributed by atoms with Gasteiger partial charge in [0.15, 0.2) is 5.11 Å². The Morgan fingerprint density at radius 3 is 2.45 bits per heavy atom. The molecule has 6 heteroatoms. The fourth-order valence-corrected chi connectivity index (χ4v) is 2.44. The fourth-order valence-electron chi connectivity index (χ4n) is 2.22. The molecule has 0 atom stereocenters. The molecule has 0 unspecified atom stereocenters. The Morgan fingerprint density at radius 2 is 1.85 bits per heavy atom. The maximum atomic E-state index is 11.9. The third kappa shape index (κ3) is 4.09. The van der Waals surface area contributed by atoms with Gasteiger partial charge in [-0.25, -0.2) is 0 Å². The minimum atomic E-state index is -0.233. The number of ether oxygens (including phenoxy) is 1. The van der Waals surface area contributed by atoms with Gasteiger partial charge in [-0.1, -0.05) is 12.8 Å². The predicted octanol–water partition coefficient (Wildman–Crippen LogP) is 1.75. The van der Waals surface area contributed by atoms with Crippen LogP contribution in [0.15, 0.2) is 24.3 Å². The lowest BCUT2D eigenvalue weighted by Gasteiger charge is -2.16. The van der Waals surface area contributed by atoms with Gasteiger partial charge in [-0.15, -0.1) is 0 Å². The number of nitrogens with one attached hydrogen (secondary N) is 3. The maximum absolute atomic E-state index is 11.9. The fraction of sp³-hybridized carbons (Fsp3) is 0.429. The summed E-state index contributed by atoms with van der Waals surface area (Å²) >= 11 is 5.14. The van der Waals surface area contributed by atoms with E-state index in [1.165, 1.54) is 12.8 Å². The van der Waals surface area contributed by atoms with Crippen molar-refractivity contribution >= 4 is 23.2 Å². The van der Waals surface area contributed by atoms with Gasteiger partial charge in [0.2, 0.25) is 0 Å². The van der Waals surface area contributed by atoms with Crippen LogP contribution in [0.3, 0.4) is 0 Å². The molecule has 3 N–H and O–H groups in total. The van der Waals surface area contributed by atoms with Crippen LogP contribution in [0.5, 0.6) is 5.75 Å². The molecule has 20 heavy (non-hydrogen) atoms. The first-order valence-corrected chi connectivity index (χ1v) is 7.11. The van der Waals surface area contributed by atoms with Gasteiger partial charge >= 0.3 is 0 Å². The molecule has 0 aromatic heterocycles. The van der Waals surface area contributed by atoms with Crippen molar-refractivity contribution in [3.63, 3.8) is 0 Å². The molecule has 1 saturated carbocycles. The van der Waals surface area contributed by atoms with E-state index in [4.69, 9.17) is 17.0 Å². The second-order valence-electron chi connectivity index (χ2n) is 4.76. The van der Waals surface area contributed by atoms with Crippen LogP contribution < -0.4 is 20.9 Å². The smallest absolute Gasteiger partial charge is 0.269 e. The Labute approximate surface area is 124 Å². The molecule has 0 heterocycles. The lowest BCUT2D eigenvalue weighted by Crippen LogP contribution is -2.49. The molecule has 1 aromatic rings. The van der Waals surface area contributed by atoms with E-state index < -0.39 is 0 Å². The summed E-state index contributed by atoms with van der Waals surface area (Å²) in [7, 11) is 1.59. The van der Waals surface area contributed by atoms with Gasteiger partial charge in [-0.3, -0.25) is 15.6 Å². The highest BCUT2D eigenvalue weighted by molar-refractivity contribution is 7.80. The standard InChI is InChI=1S/C14H19N3O2S/c1-19-12-8-6-10(7-9-12)13(18)16-17-14(20)15-11-4-2-3-5-11/h6-9,11H,2-5H2,1H3,(H,16,18)(H2,15,17,20). The highest BCUT2D eigenvalue weighted by Gasteiger charge is 2.15. The van der Waals surface area contributed by atoms with Gasteiger partial charge in [-0.05, 0) is 49.3 Å². The number of benzene rings is 1. The van der Waals surface area contributed by atoms with Gasteiger partial charge < -0.3 is 10.1 Å². The Bertz CT molecular complexity index is 470. The number of hydrazine groups is 1. The molecule has 0 bridgehead atoms. The van der Waals surface area contributed by atoms with Gasteiger partial charge in [0.05, 0.1) is 7.11 Å². The molecule has 1 aliphatic carbocycles. The van der Waals surface area contributed by atoms with E-state index in [1.807, 2.05) is 0 Å². The lowest BCUT2D eigenvalue weighted by atomic mass is 10.2. The van der Waals surface area contributed by atoms with Crippen molar-refractivity contribution in [1.82, 2.24) is 16.2 Å². The lowest BCUT2D eigenvalue weighted by molar-refractivity contribution is 0.0943. The van der Waals surface area contributed by atoms with E-state index in [1.54, 1.807) is 31.4 Å². The molecule has 1 fully saturated rings. The summed E-state index contributed by atoms with van der Waals surface area (Å²) < 4.78 is 5.04. The zero-order chi connectivity index (χ0) is 14.4. The number of amides is 1. The minimum Gasteiger partial charge on any atom is -0.497 e. The Balaban J connectivity index is 1.77. The van der Waals surface area contributed by atoms with Crippen LogP contribution in [0.2, 0.25) is 0 Å². The van der Waals surface area contributed by atoms with Crippen LogP contribution >= 0.6 is 12.2 Å². The Morgan fingerprint density at radius 1 is 1.20 bits per heavy atom. The van der Waals surface area contributed by atoms with Gasteiger partial charge in [0.25, 0.3) is 5.91 Å². The second kappa shape index (κ2) is 7.09. The molecule has 0 spiro atoms. The van der Waals surface area contributed by atoms with Crippen molar-refractivity contribution in [1.29, 1.82) is 0 Å². The average molecular weight is 293 g/mol. The van der Waals surface area contributed by atoms with E-state index in [2.05, 4.69) is 16.2 Å². The van der Waals surface area contributed by atoms with Gasteiger partial charge in [0, 0.05) is 11.6 Å². The molecule has 1 aromatic carbocycles. The largest absolute Gasteiger partial charge is 0.497 e. The summed E-state index contributed by atoms with van der Waals surface area (Å²) in [4.78, 5) is 11.9. The molecule has 2 rings (SSSR count). The van der Waals surface area contributed by atoms with Gasteiger partial charge in [-0.2, -0.15) is 0 Å². The summed E-state index contributed by atoms with van der Waals surface area (Å²) in [5.74, 6) is 0.483. The van der Waals surface area contributed by atoms with Crippen molar-refractivity contribution < 1.29 is 9.53 Å². The maximum Gasteiger partial charge on any atom is 0.269 e. The van der Waals surface area contributed by atoms with E-state index in [0.29, 0.717) is 22.5 Å². The van der Waals surface area contributed by atoms with E-state index in [9.17, 15) is 4.79 Å². The van der Waals surface area contributed by atoms with Crippen LogP contribution in [0.25, 0.3) is 0 Å². The monoisotopic (exact) mass is 293 g/mol. The topological polar surface area (TPSA) is 62.4 Å². The molecule has 0 radical (unpaired) electrons. The molecule has 0 aliphatic heterocycles. The van der Waals surface area contributed by atoms with Crippen molar-refractivity contribution in [3.05, 3.63) is 29.8 Å².